The topological polar surface area (TPSA) is 47.6 Å². The molecule has 0 unspecified atom stereocenters. The monoisotopic (exact) mass is 427 g/mol. The molecule has 0 aliphatic carbocycles. The van der Waals surface area contributed by atoms with E-state index in [2.05, 4.69) is 5.32 Å². The predicted octanol–water partition coefficient (Wildman–Crippen LogP) is 5.68. The lowest BCUT2D eigenvalue weighted by Crippen LogP contribution is -2.22. The summed E-state index contributed by atoms with van der Waals surface area (Å²) in [7, 11) is 1.52. The first-order chi connectivity index (χ1) is 12.9. The van der Waals surface area contributed by atoms with Crippen LogP contribution in [0.3, 0.4) is 0 Å². The van der Waals surface area contributed by atoms with E-state index in [0.717, 1.165) is 16.9 Å². The second kappa shape index (κ2) is 8.33. The Labute approximate surface area is 169 Å². The van der Waals surface area contributed by atoms with Gasteiger partial charge in [-0.25, -0.2) is 4.39 Å². The van der Waals surface area contributed by atoms with E-state index in [1.165, 1.54) is 19.2 Å². The van der Waals surface area contributed by atoms with Gasteiger partial charge in [-0.1, -0.05) is 23.2 Å². The highest BCUT2D eigenvalue weighted by atomic mass is 35.5. The first kappa shape index (κ1) is 19.7. The van der Waals surface area contributed by atoms with Gasteiger partial charge in [-0.3, -0.25) is 4.79 Å². The Hall–Kier alpha value is -2.02. The van der Waals surface area contributed by atoms with E-state index in [1.54, 1.807) is 18.2 Å². The van der Waals surface area contributed by atoms with Crippen LogP contribution < -0.4 is 14.8 Å². The SMILES string of the molecule is CCOc1c(Cl)cc(CNC(=O)c2sc3cc(F)ccc3c2Cl)cc1OC. The lowest BCUT2D eigenvalue weighted by molar-refractivity contribution is 0.0955. The van der Waals surface area contributed by atoms with Crippen molar-refractivity contribution in [1.29, 1.82) is 0 Å². The van der Waals surface area contributed by atoms with E-state index in [1.807, 2.05) is 6.92 Å². The smallest absolute Gasteiger partial charge is 0.263 e. The minimum absolute atomic E-state index is 0.222. The molecule has 3 rings (SSSR count). The standard InChI is InChI=1S/C19H16Cl2FNO3S/c1-3-26-17-13(20)6-10(7-14(17)25-2)9-23-19(24)18-16(21)12-5-4-11(22)8-15(12)27-18/h4-8H,3,9H2,1-2H3,(H,23,24). The second-order valence-corrected chi connectivity index (χ2v) is 7.45. The highest BCUT2D eigenvalue weighted by Crippen LogP contribution is 2.37. The largest absolute Gasteiger partial charge is 0.493 e. The normalized spacial score (nSPS) is 10.9. The van der Waals surface area contributed by atoms with Crippen molar-refractivity contribution in [3.63, 3.8) is 0 Å². The van der Waals surface area contributed by atoms with E-state index in [0.29, 0.717) is 43.1 Å². The number of rotatable bonds is 6. The summed E-state index contributed by atoms with van der Waals surface area (Å²) < 4.78 is 24.8. The average Bonchev–Trinajstić information content (AvgIpc) is 2.97. The third kappa shape index (κ3) is 4.13. The van der Waals surface area contributed by atoms with Gasteiger partial charge < -0.3 is 14.8 Å². The summed E-state index contributed by atoms with van der Waals surface area (Å²) in [4.78, 5) is 12.9. The molecule has 1 heterocycles. The summed E-state index contributed by atoms with van der Waals surface area (Å²) in [5.74, 6) is 0.240. The van der Waals surface area contributed by atoms with E-state index in [9.17, 15) is 9.18 Å². The predicted molar refractivity (Wildman–Crippen MR) is 107 cm³/mol. The van der Waals surface area contributed by atoms with Crippen LogP contribution in [0, 0.1) is 5.82 Å². The zero-order valence-corrected chi connectivity index (χ0v) is 16.9. The van der Waals surface area contributed by atoms with Crippen molar-refractivity contribution in [3.05, 3.63) is 56.6 Å². The third-order valence-electron chi connectivity index (χ3n) is 3.83. The maximum atomic E-state index is 13.4. The molecule has 8 heteroatoms. The van der Waals surface area contributed by atoms with Gasteiger partial charge in [0, 0.05) is 16.6 Å². The number of benzene rings is 2. The number of carbonyl (C=O) groups is 1. The average molecular weight is 428 g/mol. The molecule has 4 nitrogen and oxygen atoms in total. The Morgan fingerprint density at radius 3 is 2.74 bits per heavy atom. The van der Waals surface area contributed by atoms with Crippen LogP contribution in [0.25, 0.3) is 10.1 Å². The molecule has 0 spiro atoms. The molecule has 1 amide bonds. The Kier molecular flexibility index (Phi) is 6.09. The molecule has 142 valence electrons. The van der Waals surface area contributed by atoms with Crippen molar-refractivity contribution in [3.8, 4) is 11.5 Å². The number of hydrogen-bond donors (Lipinski definition) is 1. The molecule has 0 radical (unpaired) electrons. The molecule has 2 aromatic carbocycles. The number of thiophene rings is 1. The molecule has 0 bridgehead atoms. The molecular weight excluding hydrogens is 412 g/mol. The number of methoxy groups -OCH3 is 1. The van der Waals surface area contributed by atoms with Crippen molar-refractivity contribution in [2.24, 2.45) is 0 Å². The van der Waals surface area contributed by atoms with Gasteiger partial charge in [-0.15, -0.1) is 11.3 Å². The molecule has 3 aromatic rings. The van der Waals surface area contributed by atoms with Crippen molar-refractivity contribution in [1.82, 2.24) is 5.32 Å². The first-order valence-corrected chi connectivity index (χ1v) is 9.66. The van der Waals surface area contributed by atoms with E-state index in [4.69, 9.17) is 32.7 Å². The Morgan fingerprint density at radius 1 is 1.26 bits per heavy atom. The van der Waals surface area contributed by atoms with Crippen LogP contribution in [0.1, 0.15) is 22.2 Å². The fourth-order valence-corrected chi connectivity index (χ4v) is 4.35. The summed E-state index contributed by atoms with van der Waals surface area (Å²) in [5, 5.41) is 4.17. The Morgan fingerprint density at radius 2 is 2.04 bits per heavy atom. The Bertz CT molecular complexity index is 1010. The molecule has 0 saturated heterocycles. The van der Waals surface area contributed by atoms with E-state index in [-0.39, 0.29) is 18.3 Å². The number of hydrogen-bond acceptors (Lipinski definition) is 4. The van der Waals surface area contributed by atoms with Gasteiger partial charge in [0.2, 0.25) is 0 Å². The number of carbonyl (C=O) groups excluding carboxylic acids is 1. The zero-order valence-electron chi connectivity index (χ0n) is 14.6. The van der Waals surface area contributed by atoms with Gasteiger partial charge in [0.15, 0.2) is 11.5 Å². The van der Waals surface area contributed by atoms with Gasteiger partial charge in [0.05, 0.1) is 23.8 Å². The van der Waals surface area contributed by atoms with Crippen molar-refractivity contribution in [2.45, 2.75) is 13.5 Å². The molecule has 0 atom stereocenters. The van der Waals surface area contributed by atoms with Gasteiger partial charge in [0.25, 0.3) is 5.91 Å². The number of halogens is 3. The summed E-state index contributed by atoms with van der Waals surface area (Å²) in [6.07, 6.45) is 0. The second-order valence-electron chi connectivity index (χ2n) is 5.61. The van der Waals surface area contributed by atoms with Gasteiger partial charge in [-0.05, 0) is 42.8 Å². The summed E-state index contributed by atoms with van der Waals surface area (Å²) in [6.45, 7) is 2.53. The lowest BCUT2D eigenvalue weighted by Gasteiger charge is -2.13. The van der Waals surface area contributed by atoms with Gasteiger partial charge in [-0.2, -0.15) is 0 Å². The molecule has 1 N–H and O–H groups in total. The Balaban J connectivity index is 1.80. The van der Waals surface area contributed by atoms with E-state index >= 15 is 0 Å². The van der Waals surface area contributed by atoms with Crippen LogP contribution in [0.4, 0.5) is 4.39 Å². The fraction of sp³-hybridized carbons (Fsp3) is 0.211. The molecule has 0 aliphatic rings. The number of fused-ring (bicyclic) bond motifs is 1. The molecule has 27 heavy (non-hydrogen) atoms. The highest BCUT2D eigenvalue weighted by molar-refractivity contribution is 7.21. The molecule has 0 saturated carbocycles. The van der Waals surface area contributed by atoms with Crippen LogP contribution in [-0.4, -0.2) is 19.6 Å². The molecular formula is C19H16Cl2FNO3S. The zero-order chi connectivity index (χ0) is 19.6. The van der Waals surface area contributed by atoms with Crippen LogP contribution >= 0.6 is 34.5 Å². The van der Waals surface area contributed by atoms with Crippen LogP contribution in [0.5, 0.6) is 11.5 Å². The van der Waals surface area contributed by atoms with Crippen molar-refractivity contribution in [2.75, 3.05) is 13.7 Å². The minimum atomic E-state index is -0.372. The van der Waals surface area contributed by atoms with E-state index < -0.39 is 0 Å². The van der Waals surface area contributed by atoms with Crippen molar-refractivity contribution >= 4 is 50.5 Å². The maximum Gasteiger partial charge on any atom is 0.263 e. The minimum Gasteiger partial charge on any atom is -0.493 e. The third-order valence-corrected chi connectivity index (χ3v) is 5.77. The molecule has 0 aliphatic heterocycles. The quantitative estimate of drug-likeness (QED) is 0.549. The first-order valence-electron chi connectivity index (χ1n) is 8.09. The van der Waals surface area contributed by atoms with Crippen LogP contribution in [-0.2, 0) is 6.54 Å². The molecule has 0 fully saturated rings. The maximum absolute atomic E-state index is 13.4. The summed E-state index contributed by atoms with van der Waals surface area (Å²) in [6, 6.07) is 7.70. The summed E-state index contributed by atoms with van der Waals surface area (Å²) >= 11 is 13.7. The highest BCUT2D eigenvalue weighted by Gasteiger charge is 2.18. The fourth-order valence-electron chi connectivity index (χ4n) is 2.61. The lowest BCUT2D eigenvalue weighted by atomic mass is 10.2. The summed E-state index contributed by atoms with van der Waals surface area (Å²) in [5.41, 5.74) is 0.747. The molecule has 1 aromatic heterocycles. The van der Waals surface area contributed by atoms with Crippen molar-refractivity contribution < 1.29 is 18.7 Å². The number of ether oxygens (including phenoxy) is 2. The van der Waals surface area contributed by atoms with Gasteiger partial charge >= 0.3 is 0 Å². The van der Waals surface area contributed by atoms with Crippen LogP contribution in [0.2, 0.25) is 10.0 Å². The van der Waals surface area contributed by atoms with Crippen LogP contribution in [0.15, 0.2) is 30.3 Å². The van der Waals surface area contributed by atoms with Gasteiger partial charge in [0.1, 0.15) is 10.7 Å². The number of amides is 1. The number of nitrogens with one attached hydrogen (secondary N) is 1.